The van der Waals surface area contributed by atoms with E-state index in [-0.39, 0.29) is 5.56 Å². The average Bonchev–Trinajstić information content (AvgIpc) is 2.68. The molecule has 0 aliphatic carbocycles. The lowest BCUT2D eigenvalue weighted by molar-refractivity contribution is 0.241. The van der Waals surface area contributed by atoms with E-state index in [0.29, 0.717) is 23.4 Å². The monoisotopic (exact) mass is 402 g/mol. The predicted molar refractivity (Wildman–Crippen MR) is 108 cm³/mol. The van der Waals surface area contributed by atoms with Gasteiger partial charge in [0.2, 0.25) is 0 Å². The molecular formula is C19H19ClN4O2S. The normalized spacial score (nSPS) is 14.3. The fraction of sp³-hybridized carbons (Fsp3) is 0.316. The number of H-pyrrole nitrogens is 1. The molecule has 0 saturated carbocycles. The Hall–Kier alpha value is -2.09. The minimum atomic E-state index is -0.0541. The van der Waals surface area contributed by atoms with Crippen molar-refractivity contribution in [2.75, 3.05) is 19.9 Å². The topological polar surface area (TPSA) is 71.1 Å². The molecule has 6 nitrogen and oxygen atoms in total. The first kappa shape index (κ1) is 18.3. The number of rotatable bonds is 4. The SMILES string of the molecule is COc1ccc2nc(Cl)c(CN3CCc4nc(SC)[nH]c(=O)c4C3)cc2c1. The first-order valence-corrected chi connectivity index (χ1v) is 10.2. The Bertz CT molecular complexity index is 1070. The van der Waals surface area contributed by atoms with Gasteiger partial charge in [-0.05, 0) is 30.5 Å². The Morgan fingerprint density at radius 2 is 2.19 bits per heavy atom. The maximum atomic E-state index is 12.4. The fourth-order valence-corrected chi connectivity index (χ4v) is 3.94. The van der Waals surface area contributed by atoms with E-state index in [1.165, 1.54) is 11.8 Å². The number of ether oxygens (including phenoxy) is 1. The molecule has 4 rings (SSSR count). The van der Waals surface area contributed by atoms with Gasteiger partial charge >= 0.3 is 0 Å². The van der Waals surface area contributed by atoms with Crippen LogP contribution in [0.5, 0.6) is 5.75 Å². The van der Waals surface area contributed by atoms with Crippen molar-refractivity contribution in [1.29, 1.82) is 0 Å². The lowest BCUT2D eigenvalue weighted by atomic mass is 10.1. The molecule has 1 aliphatic rings. The van der Waals surface area contributed by atoms with Crippen LogP contribution in [0.2, 0.25) is 5.15 Å². The third-order valence-corrected chi connectivity index (χ3v) is 5.67. The maximum absolute atomic E-state index is 12.4. The molecule has 0 saturated heterocycles. The summed E-state index contributed by atoms with van der Waals surface area (Å²) in [6, 6.07) is 7.76. The van der Waals surface area contributed by atoms with Gasteiger partial charge in [0, 0.05) is 37.0 Å². The Morgan fingerprint density at radius 1 is 1.33 bits per heavy atom. The fourth-order valence-electron chi connectivity index (χ4n) is 3.34. The lowest BCUT2D eigenvalue weighted by Gasteiger charge is -2.27. The summed E-state index contributed by atoms with van der Waals surface area (Å²) in [5.41, 5.74) is 3.35. The molecule has 1 aromatic carbocycles. The van der Waals surface area contributed by atoms with Crippen LogP contribution in [0.15, 0.2) is 34.2 Å². The smallest absolute Gasteiger partial charge is 0.256 e. The number of fused-ring (bicyclic) bond motifs is 2. The van der Waals surface area contributed by atoms with Gasteiger partial charge in [-0.25, -0.2) is 9.97 Å². The van der Waals surface area contributed by atoms with E-state index in [0.717, 1.165) is 46.4 Å². The highest BCUT2D eigenvalue weighted by Gasteiger charge is 2.22. The largest absolute Gasteiger partial charge is 0.497 e. The average molecular weight is 403 g/mol. The number of thioether (sulfide) groups is 1. The van der Waals surface area contributed by atoms with Crippen LogP contribution < -0.4 is 10.3 Å². The van der Waals surface area contributed by atoms with Gasteiger partial charge in [-0.15, -0.1) is 0 Å². The highest BCUT2D eigenvalue weighted by Crippen LogP contribution is 2.26. The number of methoxy groups -OCH3 is 1. The molecule has 0 spiro atoms. The van der Waals surface area contributed by atoms with Crippen molar-refractivity contribution >= 4 is 34.3 Å². The van der Waals surface area contributed by atoms with Crippen molar-refractivity contribution in [3.63, 3.8) is 0 Å². The number of benzene rings is 1. The summed E-state index contributed by atoms with van der Waals surface area (Å²) in [6.45, 7) is 2.00. The van der Waals surface area contributed by atoms with Gasteiger partial charge in [0.25, 0.3) is 5.56 Å². The summed E-state index contributed by atoms with van der Waals surface area (Å²) >= 11 is 7.86. The molecule has 0 radical (unpaired) electrons. The molecule has 1 N–H and O–H groups in total. The van der Waals surface area contributed by atoms with Crippen molar-refractivity contribution < 1.29 is 4.74 Å². The number of nitrogens with zero attached hydrogens (tertiary/aromatic N) is 3. The number of pyridine rings is 1. The van der Waals surface area contributed by atoms with E-state index in [1.54, 1.807) is 7.11 Å². The lowest BCUT2D eigenvalue weighted by Crippen LogP contribution is -2.35. The van der Waals surface area contributed by atoms with Crippen LogP contribution in [0.3, 0.4) is 0 Å². The summed E-state index contributed by atoms with van der Waals surface area (Å²) in [4.78, 5) is 26.4. The maximum Gasteiger partial charge on any atom is 0.256 e. The highest BCUT2D eigenvalue weighted by molar-refractivity contribution is 7.98. The minimum Gasteiger partial charge on any atom is -0.497 e. The summed E-state index contributed by atoms with van der Waals surface area (Å²) in [5.74, 6) is 0.784. The van der Waals surface area contributed by atoms with Gasteiger partial charge in [-0.2, -0.15) is 0 Å². The van der Waals surface area contributed by atoms with Gasteiger partial charge in [-0.3, -0.25) is 9.69 Å². The van der Waals surface area contributed by atoms with Gasteiger partial charge in [0.15, 0.2) is 5.16 Å². The highest BCUT2D eigenvalue weighted by atomic mass is 35.5. The second-order valence-electron chi connectivity index (χ2n) is 6.46. The van der Waals surface area contributed by atoms with Gasteiger partial charge < -0.3 is 9.72 Å². The van der Waals surface area contributed by atoms with Crippen molar-refractivity contribution in [3.8, 4) is 5.75 Å². The van der Waals surface area contributed by atoms with Crippen LogP contribution in [0.4, 0.5) is 0 Å². The van der Waals surface area contributed by atoms with E-state index < -0.39 is 0 Å². The number of hydrogen-bond donors (Lipinski definition) is 1. The van der Waals surface area contributed by atoms with Gasteiger partial charge in [0.1, 0.15) is 10.9 Å². The van der Waals surface area contributed by atoms with Crippen LogP contribution in [0, 0.1) is 0 Å². The Morgan fingerprint density at radius 3 is 2.96 bits per heavy atom. The molecule has 3 aromatic rings. The zero-order chi connectivity index (χ0) is 19.0. The number of aromatic nitrogens is 3. The molecule has 0 amide bonds. The molecule has 2 aromatic heterocycles. The Kier molecular flexibility index (Phi) is 5.08. The van der Waals surface area contributed by atoms with E-state index in [2.05, 4.69) is 19.9 Å². The van der Waals surface area contributed by atoms with Crippen LogP contribution in [0.25, 0.3) is 10.9 Å². The summed E-state index contributed by atoms with van der Waals surface area (Å²) in [7, 11) is 1.64. The summed E-state index contributed by atoms with van der Waals surface area (Å²) < 4.78 is 5.30. The molecular weight excluding hydrogens is 384 g/mol. The minimum absolute atomic E-state index is 0.0541. The van der Waals surface area contributed by atoms with Crippen LogP contribution in [0.1, 0.15) is 16.8 Å². The van der Waals surface area contributed by atoms with Crippen LogP contribution in [-0.2, 0) is 19.5 Å². The third kappa shape index (κ3) is 3.67. The second-order valence-corrected chi connectivity index (χ2v) is 7.61. The van der Waals surface area contributed by atoms with Crippen molar-refractivity contribution in [2.45, 2.75) is 24.7 Å². The number of halogens is 1. The second kappa shape index (κ2) is 7.50. The summed E-state index contributed by atoms with van der Waals surface area (Å²) in [5, 5.41) is 2.14. The molecule has 8 heteroatoms. The first-order valence-electron chi connectivity index (χ1n) is 8.59. The molecule has 0 fully saturated rings. The standard InChI is InChI=1S/C19H19ClN4O2S/c1-26-13-3-4-15-11(8-13)7-12(17(20)21-15)9-24-6-5-16-14(10-24)18(25)23-19(22-16)27-2/h3-4,7-8H,5-6,9-10H2,1-2H3,(H,22,23,25). The Labute approximate surface area is 165 Å². The third-order valence-electron chi connectivity index (χ3n) is 4.76. The zero-order valence-corrected chi connectivity index (χ0v) is 16.7. The van der Waals surface area contributed by atoms with E-state index >= 15 is 0 Å². The molecule has 0 unspecified atom stereocenters. The molecule has 1 aliphatic heterocycles. The first-order chi connectivity index (χ1) is 13.1. The summed E-state index contributed by atoms with van der Waals surface area (Å²) in [6.07, 6.45) is 2.66. The van der Waals surface area contributed by atoms with Crippen LogP contribution >= 0.6 is 23.4 Å². The van der Waals surface area contributed by atoms with E-state index in [4.69, 9.17) is 16.3 Å². The van der Waals surface area contributed by atoms with Gasteiger partial charge in [-0.1, -0.05) is 23.4 Å². The number of aromatic amines is 1. The van der Waals surface area contributed by atoms with E-state index in [9.17, 15) is 4.79 Å². The van der Waals surface area contributed by atoms with Crippen molar-refractivity contribution in [1.82, 2.24) is 19.9 Å². The van der Waals surface area contributed by atoms with E-state index in [1.807, 2.05) is 30.5 Å². The predicted octanol–water partition coefficient (Wildman–Crippen LogP) is 3.26. The van der Waals surface area contributed by atoms with Crippen molar-refractivity contribution in [3.05, 3.63) is 56.6 Å². The van der Waals surface area contributed by atoms with Crippen molar-refractivity contribution in [2.24, 2.45) is 0 Å². The molecule has 140 valence electrons. The Balaban J connectivity index is 1.61. The quantitative estimate of drug-likeness (QED) is 0.410. The molecule has 0 bridgehead atoms. The number of nitrogens with one attached hydrogen (secondary N) is 1. The number of hydrogen-bond acceptors (Lipinski definition) is 6. The molecule has 27 heavy (non-hydrogen) atoms. The van der Waals surface area contributed by atoms with Gasteiger partial charge in [0.05, 0.1) is 23.9 Å². The zero-order valence-electron chi connectivity index (χ0n) is 15.1. The molecule has 3 heterocycles. The van der Waals surface area contributed by atoms with Crippen LogP contribution in [-0.4, -0.2) is 39.8 Å². The molecule has 0 atom stereocenters.